The summed E-state index contributed by atoms with van der Waals surface area (Å²) in [5, 5.41) is 14.0. The SMILES string of the molecule is COC(Cn1c(CCn2cccn2)nc2c3c(ccc21)N(C(=O)O)C(C)CC3)OC. The third-order valence-electron chi connectivity index (χ3n) is 5.78. The van der Waals surface area contributed by atoms with E-state index in [1.807, 2.05) is 36.0 Å². The van der Waals surface area contributed by atoms with Gasteiger partial charge in [0.1, 0.15) is 5.82 Å². The Bertz CT molecular complexity index is 1030. The molecule has 0 saturated carbocycles. The van der Waals surface area contributed by atoms with E-state index in [0.717, 1.165) is 41.0 Å². The topological polar surface area (TPSA) is 94.6 Å². The van der Waals surface area contributed by atoms with Gasteiger partial charge in [-0.3, -0.25) is 9.58 Å². The van der Waals surface area contributed by atoms with Crippen molar-refractivity contribution in [1.82, 2.24) is 19.3 Å². The third-order valence-corrected chi connectivity index (χ3v) is 5.78. The summed E-state index contributed by atoms with van der Waals surface area (Å²) in [6.07, 6.45) is 4.60. The van der Waals surface area contributed by atoms with E-state index in [1.165, 1.54) is 4.90 Å². The number of ether oxygens (including phenoxy) is 2. The number of imidazole rings is 1. The number of amides is 1. The number of fused-ring (bicyclic) bond motifs is 3. The molecule has 1 amide bonds. The Hall–Kier alpha value is -2.91. The van der Waals surface area contributed by atoms with Crippen molar-refractivity contribution in [2.75, 3.05) is 19.1 Å². The van der Waals surface area contributed by atoms with Crippen molar-refractivity contribution in [3.63, 3.8) is 0 Å². The van der Waals surface area contributed by atoms with Crippen molar-refractivity contribution in [3.8, 4) is 0 Å². The number of aromatic nitrogens is 4. The smallest absolute Gasteiger partial charge is 0.412 e. The number of rotatable bonds is 7. The minimum Gasteiger partial charge on any atom is -0.465 e. The van der Waals surface area contributed by atoms with Crippen LogP contribution in [0.5, 0.6) is 0 Å². The van der Waals surface area contributed by atoms with E-state index in [4.69, 9.17) is 14.5 Å². The number of hydrogen-bond acceptors (Lipinski definition) is 5. The van der Waals surface area contributed by atoms with Gasteiger partial charge < -0.3 is 19.1 Å². The van der Waals surface area contributed by atoms with Gasteiger partial charge >= 0.3 is 6.09 Å². The highest BCUT2D eigenvalue weighted by molar-refractivity contribution is 5.94. The first-order chi connectivity index (χ1) is 14.5. The lowest BCUT2D eigenvalue weighted by Crippen LogP contribution is -2.41. The summed E-state index contributed by atoms with van der Waals surface area (Å²) < 4.78 is 14.8. The number of anilines is 1. The highest BCUT2D eigenvalue weighted by Crippen LogP contribution is 2.36. The van der Waals surface area contributed by atoms with Crippen molar-refractivity contribution in [2.45, 2.75) is 51.6 Å². The molecule has 1 atom stereocenters. The van der Waals surface area contributed by atoms with Gasteiger partial charge in [0.25, 0.3) is 0 Å². The Morgan fingerprint density at radius 2 is 2.13 bits per heavy atom. The van der Waals surface area contributed by atoms with Crippen LogP contribution in [0.1, 0.15) is 24.7 Å². The van der Waals surface area contributed by atoms with Crippen molar-refractivity contribution >= 4 is 22.8 Å². The molecular weight excluding hydrogens is 386 g/mol. The van der Waals surface area contributed by atoms with E-state index in [9.17, 15) is 9.90 Å². The molecule has 4 rings (SSSR count). The molecule has 1 aromatic carbocycles. The molecule has 1 unspecified atom stereocenters. The lowest BCUT2D eigenvalue weighted by molar-refractivity contribution is -0.110. The molecule has 1 aliphatic rings. The molecule has 2 aromatic heterocycles. The molecule has 1 N–H and O–H groups in total. The van der Waals surface area contributed by atoms with Crippen LogP contribution in [0.25, 0.3) is 11.0 Å². The van der Waals surface area contributed by atoms with E-state index >= 15 is 0 Å². The van der Waals surface area contributed by atoms with Gasteiger partial charge in [-0.05, 0) is 38.0 Å². The standard InChI is InChI=1S/C21H27N5O4/c1-14-5-6-15-16(26(14)21(27)28)7-8-17-20(15)23-18(9-12-24-11-4-10-22-24)25(17)13-19(29-2)30-3/h4,7-8,10-11,14,19H,5-6,9,12-13H2,1-3H3,(H,27,28). The minimum atomic E-state index is -0.931. The number of aryl methyl sites for hydroxylation is 3. The average Bonchev–Trinajstić information content (AvgIpc) is 3.37. The lowest BCUT2D eigenvalue weighted by atomic mass is 9.96. The maximum atomic E-state index is 11.9. The zero-order valence-electron chi connectivity index (χ0n) is 17.5. The molecule has 0 saturated heterocycles. The van der Waals surface area contributed by atoms with Crippen LogP contribution in [0.3, 0.4) is 0 Å². The second kappa shape index (κ2) is 8.45. The maximum absolute atomic E-state index is 11.9. The summed E-state index contributed by atoms with van der Waals surface area (Å²) in [5.41, 5.74) is 3.53. The molecule has 0 bridgehead atoms. The summed E-state index contributed by atoms with van der Waals surface area (Å²) in [6.45, 7) is 3.13. The molecule has 1 aliphatic heterocycles. The van der Waals surface area contributed by atoms with Gasteiger partial charge in [0.05, 0.1) is 23.3 Å². The molecule has 9 nitrogen and oxygen atoms in total. The number of nitrogens with zero attached hydrogens (tertiary/aromatic N) is 5. The van der Waals surface area contributed by atoms with Gasteiger partial charge in [0.2, 0.25) is 0 Å². The summed E-state index contributed by atoms with van der Waals surface area (Å²) in [5.74, 6) is 0.897. The van der Waals surface area contributed by atoms with Crippen LogP contribution in [-0.2, 0) is 35.4 Å². The molecule has 9 heteroatoms. The van der Waals surface area contributed by atoms with Crippen molar-refractivity contribution in [1.29, 1.82) is 0 Å². The van der Waals surface area contributed by atoms with Crippen LogP contribution in [0, 0.1) is 0 Å². The molecule has 0 aliphatic carbocycles. The molecule has 3 aromatic rings. The highest BCUT2D eigenvalue weighted by atomic mass is 16.7. The Labute approximate surface area is 174 Å². The van der Waals surface area contributed by atoms with Gasteiger partial charge in [-0.25, -0.2) is 9.78 Å². The van der Waals surface area contributed by atoms with Crippen LogP contribution in [-0.4, -0.2) is 57.1 Å². The number of carboxylic acid groups (broad SMARTS) is 1. The first kappa shape index (κ1) is 20.4. The Kier molecular flexibility index (Phi) is 5.74. The second-order valence-electron chi connectivity index (χ2n) is 7.53. The Morgan fingerprint density at radius 1 is 1.33 bits per heavy atom. The summed E-state index contributed by atoms with van der Waals surface area (Å²) in [6, 6.07) is 5.69. The zero-order valence-corrected chi connectivity index (χ0v) is 17.5. The number of hydrogen-bond donors (Lipinski definition) is 1. The van der Waals surface area contributed by atoms with Gasteiger partial charge in [-0.1, -0.05) is 0 Å². The lowest BCUT2D eigenvalue weighted by Gasteiger charge is -2.33. The zero-order chi connectivity index (χ0) is 21.3. The fraction of sp³-hybridized carbons (Fsp3) is 0.476. The third kappa shape index (κ3) is 3.66. The van der Waals surface area contributed by atoms with Crippen LogP contribution in [0.2, 0.25) is 0 Å². The van der Waals surface area contributed by atoms with E-state index in [2.05, 4.69) is 9.67 Å². The van der Waals surface area contributed by atoms with E-state index < -0.39 is 12.4 Å². The van der Waals surface area contributed by atoms with Crippen LogP contribution < -0.4 is 4.90 Å². The van der Waals surface area contributed by atoms with Gasteiger partial charge in [0, 0.05) is 51.2 Å². The fourth-order valence-corrected chi connectivity index (χ4v) is 4.20. The van der Waals surface area contributed by atoms with Gasteiger partial charge in [-0.2, -0.15) is 5.10 Å². The normalized spacial score (nSPS) is 16.4. The first-order valence-electron chi connectivity index (χ1n) is 10.1. The van der Waals surface area contributed by atoms with Gasteiger partial charge in [0.15, 0.2) is 6.29 Å². The van der Waals surface area contributed by atoms with Crippen molar-refractivity contribution in [2.24, 2.45) is 0 Å². The molecule has 30 heavy (non-hydrogen) atoms. The second-order valence-corrected chi connectivity index (χ2v) is 7.53. The first-order valence-corrected chi connectivity index (χ1v) is 10.1. The maximum Gasteiger partial charge on any atom is 0.412 e. The molecule has 0 fully saturated rings. The summed E-state index contributed by atoms with van der Waals surface area (Å²) in [7, 11) is 3.23. The molecule has 160 valence electrons. The molecule has 0 radical (unpaired) electrons. The number of benzene rings is 1. The van der Waals surface area contributed by atoms with Crippen LogP contribution >= 0.6 is 0 Å². The number of methoxy groups -OCH3 is 2. The van der Waals surface area contributed by atoms with E-state index in [1.54, 1.807) is 20.4 Å². The van der Waals surface area contributed by atoms with Crippen LogP contribution in [0.4, 0.5) is 10.5 Å². The monoisotopic (exact) mass is 413 g/mol. The predicted octanol–water partition coefficient (Wildman–Crippen LogP) is 2.91. The van der Waals surface area contributed by atoms with Crippen molar-refractivity contribution < 1.29 is 19.4 Å². The van der Waals surface area contributed by atoms with Gasteiger partial charge in [-0.15, -0.1) is 0 Å². The Balaban J connectivity index is 1.79. The molecular formula is C21H27N5O4. The quantitative estimate of drug-likeness (QED) is 0.599. The van der Waals surface area contributed by atoms with Crippen molar-refractivity contribution in [3.05, 3.63) is 42.0 Å². The van der Waals surface area contributed by atoms with E-state index in [0.29, 0.717) is 19.5 Å². The van der Waals surface area contributed by atoms with E-state index in [-0.39, 0.29) is 6.04 Å². The minimum absolute atomic E-state index is 0.0554. The Morgan fingerprint density at radius 3 is 2.80 bits per heavy atom. The average molecular weight is 413 g/mol. The fourth-order valence-electron chi connectivity index (χ4n) is 4.20. The largest absolute Gasteiger partial charge is 0.465 e. The molecule has 3 heterocycles. The summed E-state index contributed by atoms with van der Waals surface area (Å²) in [4.78, 5) is 18.3. The predicted molar refractivity (Wildman–Crippen MR) is 112 cm³/mol. The molecule has 0 spiro atoms. The highest BCUT2D eigenvalue weighted by Gasteiger charge is 2.30. The number of carbonyl (C=O) groups is 1. The summed E-state index contributed by atoms with van der Waals surface area (Å²) >= 11 is 0. The van der Waals surface area contributed by atoms with Crippen LogP contribution in [0.15, 0.2) is 30.6 Å².